The van der Waals surface area contributed by atoms with Crippen LogP contribution in [-0.2, 0) is 11.3 Å². The zero-order valence-electron chi connectivity index (χ0n) is 11.0. The molecular formula is C13H23N3O. The van der Waals surface area contributed by atoms with Gasteiger partial charge >= 0.3 is 0 Å². The van der Waals surface area contributed by atoms with E-state index in [1.54, 1.807) is 7.11 Å². The van der Waals surface area contributed by atoms with Crippen molar-refractivity contribution in [1.29, 1.82) is 0 Å². The number of methoxy groups -OCH3 is 1. The molecule has 1 aliphatic rings. The van der Waals surface area contributed by atoms with Gasteiger partial charge in [-0.2, -0.15) is 5.10 Å². The van der Waals surface area contributed by atoms with Gasteiger partial charge in [0.1, 0.15) is 0 Å². The molecule has 1 saturated carbocycles. The minimum Gasteiger partial charge on any atom is -0.383 e. The average molecular weight is 237 g/mol. The Morgan fingerprint density at radius 3 is 2.94 bits per heavy atom. The molecule has 1 aliphatic carbocycles. The van der Waals surface area contributed by atoms with E-state index in [1.807, 2.05) is 10.9 Å². The molecule has 4 nitrogen and oxygen atoms in total. The number of anilines is 1. The maximum Gasteiger partial charge on any atom is 0.0728 e. The highest BCUT2D eigenvalue weighted by atomic mass is 16.5. The van der Waals surface area contributed by atoms with E-state index in [2.05, 4.69) is 30.5 Å². The van der Waals surface area contributed by atoms with Gasteiger partial charge in [-0.15, -0.1) is 0 Å². The Balaban J connectivity index is 1.75. The largest absolute Gasteiger partial charge is 0.383 e. The number of nitrogens with zero attached hydrogens (tertiary/aromatic N) is 2. The average Bonchev–Trinajstić information content (AvgIpc) is 2.67. The predicted molar refractivity (Wildman–Crippen MR) is 69.1 cm³/mol. The van der Waals surface area contributed by atoms with Crippen molar-refractivity contribution in [2.24, 2.45) is 11.8 Å². The van der Waals surface area contributed by atoms with Gasteiger partial charge in [0, 0.05) is 19.3 Å². The van der Waals surface area contributed by atoms with Crippen LogP contribution in [0.5, 0.6) is 0 Å². The lowest BCUT2D eigenvalue weighted by atomic mass is 9.73. The molecule has 0 atom stereocenters. The summed E-state index contributed by atoms with van der Waals surface area (Å²) in [6.45, 7) is 6.14. The van der Waals surface area contributed by atoms with Crippen molar-refractivity contribution in [3.63, 3.8) is 0 Å². The van der Waals surface area contributed by atoms with Crippen molar-refractivity contribution < 1.29 is 4.74 Å². The van der Waals surface area contributed by atoms with Crippen molar-refractivity contribution in [3.8, 4) is 0 Å². The molecule has 0 saturated heterocycles. The lowest BCUT2D eigenvalue weighted by Crippen LogP contribution is -2.37. The van der Waals surface area contributed by atoms with Crippen molar-refractivity contribution in [2.45, 2.75) is 39.3 Å². The highest BCUT2D eigenvalue weighted by Crippen LogP contribution is 2.35. The van der Waals surface area contributed by atoms with E-state index in [1.165, 1.54) is 12.8 Å². The molecule has 0 unspecified atom stereocenters. The third-order valence-corrected chi connectivity index (χ3v) is 3.65. The summed E-state index contributed by atoms with van der Waals surface area (Å²) in [5.41, 5.74) is 1.13. The van der Waals surface area contributed by atoms with Gasteiger partial charge in [-0.1, -0.05) is 13.8 Å². The Kier molecular flexibility index (Phi) is 4.05. The fourth-order valence-electron chi connectivity index (χ4n) is 2.30. The molecule has 0 aromatic carbocycles. The molecule has 1 aromatic heterocycles. The number of aromatic nitrogens is 2. The second-order valence-electron chi connectivity index (χ2n) is 5.30. The van der Waals surface area contributed by atoms with Gasteiger partial charge in [0.05, 0.1) is 25.0 Å². The van der Waals surface area contributed by atoms with Gasteiger partial charge < -0.3 is 10.1 Å². The quantitative estimate of drug-likeness (QED) is 0.825. The number of ether oxygens (including phenoxy) is 1. The molecule has 0 aliphatic heterocycles. The van der Waals surface area contributed by atoms with Crippen molar-refractivity contribution >= 4 is 5.69 Å². The molecule has 4 heteroatoms. The maximum atomic E-state index is 5.03. The van der Waals surface area contributed by atoms with E-state index in [9.17, 15) is 0 Å². The standard InChI is InChI=1S/C13H23N3O/c1-10(2)11-6-12(7-11)15-13-8-14-16(9-13)4-5-17-3/h8-12,15H,4-7H2,1-3H3. The van der Waals surface area contributed by atoms with Gasteiger partial charge in [0.2, 0.25) is 0 Å². The van der Waals surface area contributed by atoms with Gasteiger partial charge in [-0.25, -0.2) is 0 Å². The third kappa shape index (κ3) is 3.22. The predicted octanol–water partition coefficient (Wildman–Crippen LogP) is 2.38. The second kappa shape index (κ2) is 5.54. The summed E-state index contributed by atoms with van der Waals surface area (Å²) < 4.78 is 6.95. The van der Waals surface area contributed by atoms with Crippen molar-refractivity contribution in [3.05, 3.63) is 12.4 Å². The summed E-state index contributed by atoms with van der Waals surface area (Å²) in [7, 11) is 1.71. The zero-order chi connectivity index (χ0) is 12.3. The van der Waals surface area contributed by atoms with Crippen molar-refractivity contribution in [2.75, 3.05) is 19.0 Å². The summed E-state index contributed by atoms with van der Waals surface area (Å²) in [4.78, 5) is 0. The van der Waals surface area contributed by atoms with Crippen molar-refractivity contribution in [1.82, 2.24) is 9.78 Å². The van der Waals surface area contributed by atoms with Crippen LogP contribution in [0, 0.1) is 11.8 Å². The minimum absolute atomic E-state index is 0.641. The first-order valence-electron chi connectivity index (χ1n) is 6.47. The molecule has 1 N–H and O–H groups in total. The van der Waals surface area contributed by atoms with E-state index >= 15 is 0 Å². The summed E-state index contributed by atoms with van der Waals surface area (Å²) in [6, 6.07) is 0.641. The van der Waals surface area contributed by atoms with Crippen LogP contribution >= 0.6 is 0 Å². The third-order valence-electron chi connectivity index (χ3n) is 3.65. The fourth-order valence-corrected chi connectivity index (χ4v) is 2.30. The number of nitrogens with one attached hydrogen (secondary N) is 1. The van der Waals surface area contributed by atoms with Gasteiger partial charge in [-0.05, 0) is 24.7 Å². The first-order valence-corrected chi connectivity index (χ1v) is 6.47. The molecule has 96 valence electrons. The molecule has 0 spiro atoms. The Morgan fingerprint density at radius 2 is 2.29 bits per heavy atom. The molecule has 1 fully saturated rings. The lowest BCUT2D eigenvalue weighted by molar-refractivity contribution is 0.183. The maximum absolute atomic E-state index is 5.03. The van der Waals surface area contributed by atoms with Crippen LogP contribution in [0.4, 0.5) is 5.69 Å². The smallest absolute Gasteiger partial charge is 0.0728 e. The van der Waals surface area contributed by atoms with E-state index in [0.717, 1.165) is 24.1 Å². The summed E-state index contributed by atoms with van der Waals surface area (Å²) in [5.74, 6) is 1.72. The normalized spacial score (nSPS) is 23.8. The zero-order valence-corrected chi connectivity index (χ0v) is 11.0. The molecule has 17 heavy (non-hydrogen) atoms. The van der Waals surface area contributed by atoms with E-state index in [4.69, 9.17) is 4.74 Å². The number of hydrogen-bond donors (Lipinski definition) is 1. The van der Waals surface area contributed by atoms with Gasteiger partial charge in [-0.3, -0.25) is 4.68 Å². The van der Waals surface area contributed by atoms with E-state index < -0.39 is 0 Å². The van der Waals surface area contributed by atoms with Crippen LogP contribution in [0.1, 0.15) is 26.7 Å². The molecule has 1 aromatic rings. The SMILES string of the molecule is COCCn1cc(NC2CC(C(C)C)C2)cn1. The Labute approximate surface area is 103 Å². The molecule has 2 rings (SSSR count). The van der Waals surface area contributed by atoms with E-state index in [-0.39, 0.29) is 0 Å². The fraction of sp³-hybridized carbons (Fsp3) is 0.769. The molecular weight excluding hydrogens is 214 g/mol. The summed E-state index contributed by atoms with van der Waals surface area (Å²) >= 11 is 0. The minimum atomic E-state index is 0.641. The van der Waals surface area contributed by atoms with Crippen LogP contribution in [0.2, 0.25) is 0 Å². The first-order chi connectivity index (χ1) is 8.19. The Bertz CT molecular complexity index is 342. The van der Waals surface area contributed by atoms with Gasteiger partial charge in [0.15, 0.2) is 0 Å². The number of hydrogen-bond acceptors (Lipinski definition) is 3. The number of rotatable bonds is 6. The van der Waals surface area contributed by atoms with Crippen LogP contribution in [0.3, 0.4) is 0 Å². The second-order valence-corrected chi connectivity index (χ2v) is 5.30. The lowest BCUT2D eigenvalue weighted by Gasteiger charge is -2.38. The van der Waals surface area contributed by atoms with Crippen LogP contribution in [0.25, 0.3) is 0 Å². The van der Waals surface area contributed by atoms with Crippen LogP contribution in [-0.4, -0.2) is 29.5 Å². The van der Waals surface area contributed by atoms with E-state index in [0.29, 0.717) is 12.6 Å². The molecule has 0 radical (unpaired) electrons. The summed E-state index contributed by atoms with van der Waals surface area (Å²) in [5, 5.41) is 7.83. The van der Waals surface area contributed by atoms with Crippen LogP contribution in [0.15, 0.2) is 12.4 Å². The van der Waals surface area contributed by atoms with Crippen LogP contribution < -0.4 is 5.32 Å². The Hall–Kier alpha value is -1.03. The molecule has 0 bridgehead atoms. The highest BCUT2D eigenvalue weighted by Gasteiger charge is 2.31. The monoisotopic (exact) mass is 237 g/mol. The molecule has 1 heterocycles. The van der Waals surface area contributed by atoms with Gasteiger partial charge in [0.25, 0.3) is 0 Å². The first kappa shape index (κ1) is 12.4. The highest BCUT2D eigenvalue weighted by molar-refractivity contribution is 5.40. The Morgan fingerprint density at radius 1 is 1.53 bits per heavy atom. The molecule has 0 amide bonds. The topological polar surface area (TPSA) is 39.1 Å². The summed E-state index contributed by atoms with van der Waals surface area (Å²) in [6.07, 6.45) is 6.54.